The van der Waals surface area contributed by atoms with Crippen LogP contribution in [-0.2, 0) is 14.9 Å². The maximum absolute atomic E-state index is 13.1. The number of carbonyl (C=O) groups excluding carboxylic acids is 1. The Morgan fingerprint density at radius 2 is 1.90 bits per heavy atom. The van der Waals surface area contributed by atoms with Crippen molar-refractivity contribution in [1.82, 2.24) is 9.97 Å². The molecule has 9 nitrogen and oxygen atoms in total. The monoisotopic (exact) mass is 578 g/mol. The molecule has 2 aliphatic heterocycles. The second kappa shape index (κ2) is 12.1. The molecule has 10 heteroatoms. The molecule has 218 valence electrons. The lowest BCUT2D eigenvalue weighted by Gasteiger charge is -2.29. The first-order valence-corrected chi connectivity index (χ1v) is 14.5. The summed E-state index contributed by atoms with van der Waals surface area (Å²) in [6.07, 6.45) is 2.91. The summed E-state index contributed by atoms with van der Waals surface area (Å²) in [7, 11) is 1.64. The van der Waals surface area contributed by atoms with Crippen molar-refractivity contribution >= 4 is 52.0 Å². The minimum absolute atomic E-state index is 0.112. The van der Waals surface area contributed by atoms with Crippen molar-refractivity contribution in [2.45, 2.75) is 46.0 Å². The quantitative estimate of drug-likeness (QED) is 0.312. The molecule has 2 aromatic carbocycles. The van der Waals surface area contributed by atoms with Gasteiger partial charge in [0.15, 0.2) is 5.82 Å². The van der Waals surface area contributed by atoms with Crippen molar-refractivity contribution in [1.29, 1.82) is 0 Å². The topological polar surface area (TPSA) is 91.9 Å². The van der Waals surface area contributed by atoms with Crippen molar-refractivity contribution < 1.29 is 14.3 Å². The first-order valence-electron chi connectivity index (χ1n) is 14.2. The average Bonchev–Trinajstić information content (AvgIpc) is 3.05. The van der Waals surface area contributed by atoms with Gasteiger partial charge in [0, 0.05) is 49.2 Å². The molecule has 0 unspecified atom stereocenters. The summed E-state index contributed by atoms with van der Waals surface area (Å²) in [5.41, 5.74) is 4.60. The minimum atomic E-state index is -0.112. The van der Waals surface area contributed by atoms with E-state index in [2.05, 4.69) is 59.3 Å². The summed E-state index contributed by atoms with van der Waals surface area (Å²) < 4.78 is 11.2. The Hall–Kier alpha value is -3.56. The molecule has 41 heavy (non-hydrogen) atoms. The predicted molar refractivity (Wildman–Crippen MR) is 166 cm³/mol. The highest BCUT2D eigenvalue weighted by Crippen LogP contribution is 2.41. The van der Waals surface area contributed by atoms with Gasteiger partial charge in [0.05, 0.1) is 32.2 Å². The fraction of sp³-hybridized carbons (Fsp3) is 0.452. The number of nitrogens with zero attached hydrogens (tertiary/aromatic N) is 4. The molecular formula is C31H39ClN6O3. The average molecular weight is 579 g/mol. The Morgan fingerprint density at radius 1 is 1.12 bits per heavy atom. The van der Waals surface area contributed by atoms with E-state index in [-0.39, 0.29) is 11.3 Å². The van der Waals surface area contributed by atoms with Gasteiger partial charge in [0.25, 0.3) is 0 Å². The van der Waals surface area contributed by atoms with Crippen LogP contribution in [0.4, 0.5) is 34.5 Å². The zero-order chi connectivity index (χ0) is 29.1. The molecule has 3 heterocycles. The molecule has 2 N–H and O–H groups in total. The summed E-state index contributed by atoms with van der Waals surface area (Å²) in [5, 5.41) is 7.01. The number of ether oxygens (including phenoxy) is 2. The third kappa shape index (κ3) is 6.52. The molecule has 0 saturated carbocycles. The van der Waals surface area contributed by atoms with Gasteiger partial charge in [-0.15, -0.1) is 0 Å². The molecule has 2 aliphatic rings. The normalized spacial score (nSPS) is 16.8. The van der Waals surface area contributed by atoms with Crippen LogP contribution in [0.15, 0.2) is 42.6 Å². The Kier molecular flexibility index (Phi) is 8.56. The Balaban J connectivity index is 1.40. The number of nitrogens with one attached hydrogen (secondary N) is 2. The summed E-state index contributed by atoms with van der Waals surface area (Å²) in [6.45, 7) is 12.4. The van der Waals surface area contributed by atoms with E-state index in [1.165, 1.54) is 5.56 Å². The number of aromatic nitrogens is 2. The van der Waals surface area contributed by atoms with Gasteiger partial charge in [-0.05, 0) is 47.6 Å². The number of rotatable bonds is 8. The third-order valence-electron chi connectivity index (χ3n) is 7.64. The summed E-state index contributed by atoms with van der Waals surface area (Å²) in [4.78, 5) is 26.4. The maximum Gasteiger partial charge on any atom is 0.229 e. The van der Waals surface area contributed by atoms with Crippen molar-refractivity contribution in [3.63, 3.8) is 0 Å². The van der Waals surface area contributed by atoms with E-state index in [4.69, 9.17) is 21.1 Å². The van der Waals surface area contributed by atoms with E-state index < -0.39 is 0 Å². The van der Waals surface area contributed by atoms with E-state index in [1.807, 2.05) is 35.2 Å². The maximum atomic E-state index is 13.1. The van der Waals surface area contributed by atoms with Gasteiger partial charge < -0.3 is 29.9 Å². The Labute approximate surface area is 247 Å². The third-order valence-corrected chi connectivity index (χ3v) is 7.92. The molecule has 0 atom stereocenters. The molecular weight excluding hydrogens is 540 g/mol. The van der Waals surface area contributed by atoms with E-state index in [9.17, 15) is 4.79 Å². The molecule has 1 aromatic heterocycles. The fourth-order valence-corrected chi connectivity index (χ4v) is 5.51. The van der Waals surface area contributed by atoms with Gasteiger partial charge in [0.1, 0.15) is 10.8 Å². The van der Waals surface area contributed by atoms with Gasteiger partial charge in [-0.3, -0.25) is 4.79 Å². The van der Waals surface area contributed by atoms with Gasteiger partial charge in [-0.2, -0.15) is 4.98 Å². The summed E-state index contributed by atoms with van der Waals surface area (Å²) in [6, 6.07) is 12.2. The SMILES string of the molecule is COc1cc(N2CCOCC2)ccc1Nc1nc(Nc2ccc3c(c2)N(CC(C)C)C(=O)CCC3(C)C)ncc1Cl. The van der Waals surface area contributed by atoms with Crippen LogP contribution in [0.2, 0.25) is 5.02 Å². The molecule has 0 bridgehead atoms. The number of benzene rings is 2. The molecule has 3 aromatic rings. The lowest BCUT2D eigenvalue weighted by molar-refractivity contribution is -0.118. The molecule has 1 saturated heterocycles. The highest BCUT2D eigenvalue weighted by atomic mass is 35.5. The number of fused-ring (bicyclic) bond motifs is 1. The minimum Gasteiger partial charge on any atom is -0.494 e. The zero-order valence-electron chi connectivity index (χ0n) is 24.5. The van der Waals surface area contributed by atoms with E-state index in [1.54, 1.807) is 13.3 Å². The number of amides is 1. The van der Waals surface area contributed by atoms with Crippen LogP contribution in [0.25, 0.3) is 0 Å². The standard InChI is InChI=1S/C31H39ClN6O3/c1-20(2)19-38-26-16-21(6-8-23(26)31(3,4)11-10-28(38)39)34-30-33-18-24(32)29(36-30)35-25-9-7-22(17-27(25)40-5)37-12-14-41-15-13-37/h6-9,16-18,20H,10-15,19H2,1-5H3,(H2,33,34,35,36). The van der Waals surface area contributed by atoms with Crippen molar-refractivity contribution in [3.05, 3.63) is 53.2 Å². The molecule has 1 amide bonds. The largest absolute Gasteiger partial charge is 0.494 e. The lowest BCUT2D eigenvalue weighted by Crippen LogP contribution is -2.36. The van der Waals surface area contributed by atoms with Crippen LogP contribution in [0.1, 0.15) is 46.1 Å². The van der Waals surface area contributed by atoms with Gasteiger partial charge in [-0.25, -0.2) is 4.98 Å². The number of hydrogen-bond acceptors (Lipinski definition) is 8. The molecule has 1 fully saturated rings. The number of anilines is 6. The highest BCUT2D eigenvalue weighted by Gasteiger charge is 2.33. The Morgan fingerprint density at radius 3 is 2.63 bits per heavy atom. The molecule has 5 rings (SSSR count). The Bertz CT molecular complexity index is 1410. The van der Waals surface area contributed by atoms with Crippen LogP contribution in [0.5, 0.6) is 5.75 Å². The first-order chi connectivity index (χ1) is 19.6. The highest BCUT2D eigenvalue weighted by molar-refractivity contribution is 6.33. The van der Waals surface area contributed by atoms with Gasteiger partial charge >= 0.3 is 0 Å². The van der Waals surface area contributed by atoms with Gasteiger partial charge in [0.2, 0.25) is 11.9 Å². The van der Waals surface area contributed by atoms with E-state index in [0.717, 1.165) is 42.3 Å². The molecule has 0 aliphatic carbocycles. The summed E-state index contributed by atoms with van der Waals surface area (Å²) >= 11 is 6.50. The van der Waals surface area contributed by atoms with Crippen molar-refractivity contribution in [3.8, 4) is 5.75 Å². The van der Waals surface area contributed by atoms with Crippen LogP contribution >= 0.6 is 11.6 Å². The lowest BCUT2D eigenvalue weighted by atomic mass is 9.80. The smallest absolute Gasteiger partial charge is 0.229 e. The fourth-order valence-electron chi connectivity index (χ4n) is 5.37. The number of carbonyl (C=O) groups is 1. The van der Waals surface area contributed by atoms with Crippen LogP contribution in [0.3, 0.4) is 0 Å². The second-order valence-electron chi connectivity index (χ2n) is 11.6. The van der Waals surface area contributed by atoms with E-state index >= 15 is 0 Å². The predicted octanol–water partition coefficient (Wildman–Crippen LogP) is 6.52. The van der Waals surface area contributed by atoms with Crippen LogP contribution < -0.4 is 25.2 Å². The number of methoxy groups -OCH3 is 1. The number of halogens is 1. The number of morpholine rings is 1. The van der Waals surface area contributed by atoms with Crippen molar-refractivity contribution in [2.75, 3.05) is 60.4 Å². The molecule has 0 radical (unpaired) electrons. The van der Waals surface area contributed by atoms with Gasteiger partial charge in [-0.1, -0.05) is 45.4 Å². The van der Waals surface area contributed by atoms with Crippen LogP contribution in [0, 0.1) is 5.92 Å². The van der Waals surface area contributed by atoms with Crippen LogP contribution in [-0.4, -0.2) is 55.8 Å². The summed E-state index contributed by atoms with van der Waals surface area (Å²) in [5.74, 6) is 2.02. The van der Waals surface area contributed by atoms with Crippen molar-refractivity contribution in [2.24, 2.45) is 5.92 Å². The van der Waals surface area contributed by atoms with E-state index in [0.29, 0.717) is 54.6 Å². The second-order valence-corrected chi connectivity index (χ2v) is 12.0. The first kappa shape index (κ1) is 29.0. The number of hydrogen-bond donors (Lipinski definition) is 2. The molecule has 0 spiro atoms. The zero-order valence-corrected chi connectivity index (χ0v) is 25.2.